The minimum Gasteiger partial charge on any atom is -0.423 e. The molecule has 0 bridgehead atoms. The van der Waals surface area contributed by atoms with Crippen molar-refractivity contribution in [1.82, 2.24) is 0 Å². The molecular weight excluding hydrogens is 162 g/mol. The van der Waals surface area contributed by atoms with Crippen molar-refractivity contribution in [2.75, 3.05) is 0 Å². The first-order chi connectivity index (χ1) is 5.24. The van der Waals surface area contributed by atoms with E-state index < -0.39 is 7.12 Å². The number of alkyl halides is 1. The lowest BCUT2D eigenvalue weighted by Gasteiger charge is -1.99. The quantitative estimate of drug-likeness (QED) is 0.488. The highest BCUT2D eigenvalue weighted by molar-refractivity contribution is 6.58. The van der Waals surface area contributed by atoms with Gasteiger partial charge in [-0.3, -0.25) is 0 Å². The number of rotatable bonds is 2. The third kappa shape index (κ3) is 2.22. The van der Waals surface area contributed by atoms with Crippen LogP contribution in [0, 0.1) is 0 Å². The Morgan fingerprint density at radius 1 is 1.18 bits per heavy atom. The molecule has 0 fully saturated rings. The van der Waals surface area contributed by atoms with Crippen LogP contribution in [0.15, 0.2) is 24.3 Å². The molecule has 0 radical (unpaired) electrons. The zero-order valence-corrected chi connectivity index (χ0v) is 6.62. The zero-order chi connectivity index (χ0) is 8.27. The third-order valence-electron chi connectivity index (χ3n) is 1.43. The molecule has 2 N–H and O–H groups in total. The second-order valence-corrected chi connectivity index (χ2v) is 2.52. The summed E-state index contributed by atoms with van der Waals surface area (Å²) in [5.74, 6) is 0.446. The number of hydrogen-bond donors (Lipinski definition) is 2. The van der Waals surface area contributed by atoms with Crippen LogP contribution in [0.25, 0.3) is 0 Å². The first-order valence-electron chi connectivity index (χ1n) is 3.25. The number of hydrogen-bond acceptors (Lipinski definition) is 2. The predicted octanol–water partition coefficient (Wildman–Crippen LogP) is 0.105. The lowest BCUT2D eigenvalue weighted by molar-refractivity contribution is 0.426. The van der Waals surface area contributed by atoms with Crippen LogP contribution >= 0.6 is 11.6 Å². The van der Waals surface area contributed by atoms with Gasteiger partial charge in [-0.2, -0.15) is 0 Å². The fourth-order valence-corrected chi connectivity index (χ4v) is 0.957. The number of benzene rings is 1. The van der Waals surface area contributed by atoms with Gasteiger partial charge in [0.15, 0.2) is 0 Å². The summed E-state index contributed by atoms with van der Waals surface area (Å²) in [5, 5.41) is 17.4. The first-order valence-corrected chi connectivity index (χ1v) is 3.78. The Hall–Kier alpha value is -0.505. The van der Waals surface area contributed by atoms with Gasteiger partial charge in [-0.15, -0.1) is 11.6 Å². The predicted molar refractivity (Wildman–Crippen MR) is 45.8 cm³/mol. The van der Waals surface area contributed by atoms with Crippen LogP contribution in [0.1, 0.15) is 5.56 Å². The van der Waals surface area contributed by atoms with Crippen molar-refractivity contribution < 1.29 is 10.0 Å². The second kappa shape index (κ2) is 3.76. The van der Waals surface area contributed by atoms with Gasteiger partial charge in [0.05, 0.1) is 0 Å². The maximum absolute atomic E-state index is 8.71. The normalized spacial score (nSPS) is 9.73. The van der Waals surface area contributed by atoms with E-state index in [-0.39, 0.29) is 0 Å². The monoisotopic (exact) mass is 170 g/mol. The molecule has 0 aliphatic carbocycles. The lowest BCUT2D eigenvalue weighted by atomic mass is 9.80. The van der Waals surface area contributed by atoms with E-state index in [1.165, 1.54) is 0 Å². The van der Waals surface area contributed by atoms with Crippen LogP contribution in [0.5, 0.6) is 0 Å². The van der Waals surface area contributed by atoms with Crippen molar-refractivity contribution in [3.63, 3.8) is 0 Å². The largest absolute Gasteiger partial charge is 0.488 e. The lowest BCUT2D eigenvalue weighted by Crippen LogP contribution is -2.29. The minimum absolute atomic E-state index is 0.446. The molecule has 0 aliphatic heterocycles. The Bertz CT molecular complexity index is 222. The molecule has 4 heteroatoms. The van der Waals surface area contributed by atoms with Gasteiger partial charge >= 0.3 is 7.12 Å². The van der Waals surface area contributed by atoms with Crippen LogP contribution in [0.2, 0.25) is 0 Å². The Kier molecular flexibility index (Phi) is 2.94. The molecule has 1 rings (SSSR count). The molecular formula is C7H8BClO2. The highest BCUT2D eigenvalue weighted by atomic mass is 35.5. The Morgan fingerprint density at radius 2 is 1.73 bits per heavy atom. The zero-order valence-electron chi connectivity index (χ0n) is 5.87. The summed E-state index contributed by atoms with van der Waals surface area (Å²) >= 11 is 5.53. The molecule has 0 amide bonds. The maximum atomic E-state index is 8.71. The average molecular weight is 170 g/mol. The van der Waals surface area contributed by atoms with Crippen LogP contribution < -0.4 is 5.46 Å². The summed E-state index contributed by atoms with van der Waals surface area (Å²) in [6.07, 6.45) is 0. The highest BCUT2D eigenvalue weighted by Gasteiger charge is 2.08. The van der Waals surface area contributed by atoms with Gasteiger partial charge in [0.25, 0.3) is 0 Å². The van der Waals surface area contributed by atoms with Gasteiger partial charge in [-0.05, 0) is 11.0 Å². The molecule has 0 atom stereocenters. The van der Waals surface area contributed by atoms with Crippen molar-refractivity contribution in [3.8, 4) is 0 Å². The van der Waals surface area contributed by atoms with Crippen LogP contribution in [-0.2, 0) is 5.88 Å². The van der Waals surface area contributed by atoms with Gasteiger partial charge < -0.3 is 10.0 Å². The van der Waals surface area contributed by atoms with Gasteiger partial charge in [0.2, 0.25) is 0 Å². The fraction of sp³-hybridized carbons (Fsp3) is 0.143. The molecule has 0 saturated carbocycles. The Balaban J connectivity index is 2.83. The Morgan fingerprint density at radius 3 is 2.09 bits per heavy atom. The van der Waals surface area contributed by atoms with Gasteiger partial charge in [0.1, 0.15) is 0 Å². The van der Waals surface area contributed by atoms with Crippen LogP contribution in [0.3, 0.4) is 0 Å². The summed E-state index contributed by atoms with van der Waals surface area (Å²) in [6, 6.07) is 6.81. The van der Waals surface area contributed by atoms with E-state index in [9.17, 15) is 0 Å². The molecule has 2 nitrogen and oxygen atoms in total. The molecule has 0 unspecified atom stereocenters. The highest BCUT2D eigenvalue weighted by Crippen LogP contribution is 2.00. The summed E-state index contributed by atoms with van der Waals surface area (Å²) < 4.78 is 0. The van der Waals surface area contributed by atoms with E-state index in [1.807, 2.05) is 0 Å². The van der Waals surface area contributed by atoms with Crippen LogP contribution in [-0.4, -0.2) is 17.2 Å². The van der Waals surface area contributed by atoms with Gasteiger partial charge in [-0.25, -0.2) is 0 Å². The molecule has 0 aromatic heterocycles. The Labute approximate surface area is 70.6 Å². The summed E-state index contributed by atoms with van der Waals surface area (Å²) in [7, 11) is -1.39. The maximum Gasteiger partial charge on any atom is 0.488 e. The SMILES string of the molecule is OB(O)c1ccc(CCl)cc1. The van der Waals surface area contributed by atoms with E-state index in [0.29, 0.717) is 11.3 Å². The first kappa shape index (κ1) is 8.59. The molecule has 0 spiro atoms. The van der Waals surface area contributed by atoms with E-state index >= 15 is 0 Å². The molecule has 11 heavy (non-hydrogen) atoms. The van der Waals surface area contributed by atoms with Crippen molar-refractivity contribution in [2.24, 2.45) is 0 Å². The summed E-state index contributed by atoms with van der Waals surface area (Å²) in [4.78, 5) is 0. The van der Waals surface area contributed by atoms with E-state index in [2.05, 4.69) is 0 Å². The van der Waals surface area contributed by atoms with Crippen LogP contribution in [0.4, 0.5) is 0 Å². The fourth-order valence-electron chi connectivity index (χ4n) is 0.779. The molecule has 0 heterocycles. The van der Waals surface area contributed by atoms with E-state index in [1.54, 1.807) is 24.3 Å². The smallest absolute Gasteiger partial charge is 0.423 e. The average Bonchev–Trinajstić information content (AvgIpc) is 2.05. The standard InChI is InChI=1S/C7H8BClO2/c9-5-6-1-3-7(4-2-6)8(10)11/h1-4,10-11H,5H2. The molecule has 58 valence electrons. The van der Waals surface area contributed by atoms with Crippen molar-refractivity contribution in [2.45, 2.75) is 5.88 Å². The minimum atomic E-state index is -1.39. The molecule has 0 aliphatic rings. The molecule has 1 aromatic rings. The number of halogens is 1. The second-order valence-electron chi connectivity index (χ2n) is 2.25. The molecule has 1 aromatic carbocycles. The summed E-state index contributed by atoms with van der Waals surface area (Å²) in [5.41, 5.74) is 1.45. The van der Waals surface area contributed by atoms with E-state index in [0.717, 1.165) is 5.56 Å². The van der Waals surface area contributed by atoms with E-state index in [4.69, 9.17) is 21.6 Å². The van der Waals surface area contributed by atoms with Crippen molar-refractivity contribution in [3.05, 3.63) is 29.8 Å². The van der Waals surface area contributed by atoms with Gasteiger partial charge in [-0.1, -0.05) is 24.3 Å². The molecule has 0 saturated heterocycles. The topological polar surface area (TPSA) is 40.5 Å². The van der Waals surface area contributed by atoms with Crippen molar-refractivity contribution >= 4 is 24.2 Å². The van der Waals surface area contributed by atoms with Crippen molar-refractivity contribution in [1.29, 1.82) is 0 Å². The third-order valence-corrected chi connectivity index (χ3v) is 1.74. The summed E-state index contributed by atoms with van der Waals surface area (Å²) in [6.45, 7) is 0. The van der Waals surface area contributed by atoms with Gasteiger partial charge in [0, 0.05) is 5.88 Å².